The maximum atomic E-state index is 5.46. The molecule has 0 saturated heterocycles. The van der Waals surface area contributed by atoms with Gasteiger partial charge in [0.05, 0.1) is 0 Å². The Kier molecular flexibility index (Phi) is 7.00. The summed E-state index contributed by atoms with van der Waals surface area (Å²) in [6.07, 6.45) is -0.898. The van der Waals surface area contributed by atoms with E-state index >= 15 is 0 Å². The monoisotopic (exact) mass is 310 g/mol. The van der Waals surface area contributed by atoms with Crippen LogP contribution in [0.5, 0.6) is 0 Å². The highest BCUT2D eigenvalue weighted by Gasteiger charge is 2.28. The van der Waals surface area contributed by atoms with Gasteiger partial charge in [-0.25, -0.2) is 0 Å². The van der Waals surface area contributed by atoms with Gasteiger partial charge in [-0.2, -0.15) is 0 Å². The molecule has 0 saturated carbocycles. The molecule has 0 fully saturated rings. The first-order valence-electron chi connectivity index (χ1n) is 7.58. The molecule has 0 unspecified atom stereocenters. The summed E-state index contributed by atoms with van der Waals surface area (Å²) in [5.41, 5.74) is 3.15. The summed E-state index contributed by atoms with van der Waals surface area (Å²) in [6, 6.07) is 6.31. The minimum absolute atomic E-state index is 0.0505. The topological polar surface area (TPSA) is 36.9 Å². The number of methoxy groups -OCH3 is 4. The number of rotatable bonds is 8. The minimum atomic E-state index is -0.453. The molecule has 0 spiro atoms. The Morgan fingerprint density at radius 1 is 0.773 bits per heavy atom. The molecule has 0 bridgehead atoms. The Morgan fingerprint density at radius 3 is 1.64 bits per heavy atom. The number of benzene rings is 1. The van der Waals surface area contributed by atoms with Crippen LogP contribution in [0.15, 0.2) is 18.2 Å². The van der Waals surface area contributed by atoms with Crippen molar-refractivity contribution in [3.05, 3.63) is 34.9 Å². The molecule has 0 aromatic heterocycles. The highest BCUT2D eigenvalue weighted by molar-refractivity contribution is 5.37. The zero-order valence-electron chi connectivity index (χ0n) is 15.1. The van der Waals surface area contributed by atoms with Crippen molar-refractivity contribution in [1.82, 2.24) is 0 Å². The Bertz CT molecular complexity index is 460. The van der Waals surface area contributed by atoms with Gasteiger partial charge in [-0.15, -0.1) is 0 Å². The number of hydrogen-bond acceptors (Lipinski definition) is 4. The third-order valence-electron chi connectivity index (χ3n) is 4.64. The van der Waals surface area contributed by atoms with E-state index in [9.17, 15) is 0 Å². The SMILES string of the molecule is COC(OC)c1ccc(C(C)(C)C(C)C)cc1C(OC)OC. The summed E-state index contributed by atoms with van der Waals surface area (Å²) < 4.78 is 21.7. The zero-order chi connectivity index (χ0) is 16.9. The van der Waals surface area contributed by atoms with Crippen LogP contribution >= 0.6 is 0 Å². The maximum Gasteiger partial charge on any atom is 0.183 e. The minimum Gasteiger partial charge on any atom is -0.352 e. The van der Waals surface area contributed by atoms with Crippen molar-refractivity contribution in [2.45, 2.75) is 45.7 Å². The van der Waals surface area contributed by atoms with Gasteiger partial charge in [-0.1, -0.05) is 39.8 Å². The summed E-state index contributed by atoms with van der Waals surface area (Å²) in [7, 11) is 6.51. The molecule has 4 heteroatoms. The van der Waals surface area contributed by atoms with Crippen molar-refractivity contribution >= 4 is 0 Å². The fourth-order valence-corrected chi connectivity index (χ4v) is 2.43. The fourth-order valence-electron chi connectivity index (χ4n) is 2.43. The van der Waals surface area contributed by atoms with Gasteiger partial charge in [0.15, 0.2) is 12.6 Å². The molecular weight excluding hydrogens is 280 g/mol. The first-order chi connectivity index (χ1) is 10.3. The first kappa shape index (κ1) is 19.1. The van der Waals surface area contributed by atoms with Crippen molar-refractivity contribution in [2.24, 2.45) is 5.92 Å². The first-order valence-corrected chi connectivity index (χ1v) is 7.58. The molecule has 1 rings (SSSR count). The molecule has 0 aliphatic heterocycles. The molecule has 1 aromatic rings. The van der Waals surface area contributed by atoms with Crippen LogP contribution in [0.2, 0.25) is 0 Å². The molecule has 4 nitrogen and oxygen atoms in total. The molecule has 22 heavy (non-hydrogen) atoms. The molecule has 0 atom stereocenters. The van der Waals surface area contributed by atoms with Gasteiger partial charge in [0.25, 0.3) is 0 Å². The Labute approximate surface area is 134 Å². The van der Waals surface area contributed by atoms with Gasteiger partial charge < -0.3 is 18.9 Å². The summed E-state index contributed by atoms with van der Waals surface area (Å²) >= 11 is 0. The molecule has 1 aromatic carbocycles. The molecule has 0 aliphatic rings. The quantitative estimate of drug-likeness (QED) is 0.674. The second kappa shape index (κ2) is 8.06. The normalized spacial score (nSPS) is 12.7. The lowest BCUT2D eigenvalue weighted by molar-refractivity contribution is -0.123. The molecule has 0 N–H and O–H groups in total. The highest BCUT2D eigenvalue weighted by atomic mass is 16.7. The van der Waals surface area contributed by atoms with Crippen molar-refractivity contribution in [3.8, 4) is 0 Å². The van der Waals surface area contributed by atoms with Crippen molar-refractivity contribution in [2.75, 3.05) is 28.4 Å². The van der Waals surface area contributed by atoms with Crippen LogP contribution in [0.1, 0.15) is 57.0 Å². The maximum absolute atomic E-state index is 5.46. The lowest BCUT2D eigenvalue weighted by atomic mass is 9.74. The van der Waals surface area contributed by atoms with E-state index in [1.54, 1.807) is 28.4 Å². The number of ether oxygens (including phenoxy) is 4. The van der Waals surface area contributed by atoms with Crippen LogP contribution in [0, 0.1) is 5.92 Å². The van der Waals surface area contributed by atoms with E-state index in [0.717, 1.165) is 11.1 Å². The molecular formula is C18H30O4. The Balaban J connectivity index is 3.43. The summed E-state index contributed by atoms with van der Waals surface area (Å²) in [4.78, 5) is 0. The van der Waals surface area contributed by atoms with Crippen LogP contribution in [0.3, 0.4) is 0 Å². The average Bonchev–Trinajstić information content (AvgIpc) is 2.50. The molecule has 0 heterocycles. The van der Waals surface area contributed by atoms with Crippen LogP contribution < -0.4 is 0 Å². The second-order valence-electron chi connectivity index (χ2n) is 6.33. The lowest BCUT2D eigenvalue weighted by Gasteiger charge is -2.32. The second-order valence-corrected chi connectivity index (χ2v) is 6.33. The van der Waals surface area contributed by atoms with Gasteiger partial charge in [0.1, 0.15) is 0 Å². The predicted octanol–water partition coefficient (Wildman–Crippen LogP) is 4.20. The fraction of sp³-hybridized carbons (Fsp3) is 0.667. The smallest absolute Gasteiger partial charge is 0.183 e. The molecule has 0 radical (unpaired) electrons. The lowest BCUT2D eigenvalue weighted by Crippen LogP contribution is -2.25. The van der Waals surface area contributed by atoms with Crippen LogP contribution in [0.4, 0.5) is 0 Å². The molecule has 0 amide bonds. The van der Waals surface area contributed by atoms with E-state index in [1.807, 2.05) is 6.07 Å². The van der Waals surface area contributed by atoms with Gasteiger partial charge in [0.2, 0.25) is 0 Å². The van der Waals surface area contributed by atoms with E-state index in [2.05, 4.69) is 39.8 Å². The Hall–Kier alpha value is -0.940. The Morgan fingerprint density at radius 2 is 1.23 bits per heavy atom. The van der Waals surface area contributed by atoms with E-state index in [4.69, 9.17) is 18.9 Å². The van der Waals surface area contributed by atoms with Gasteiger partial charge >= 0.3 is 0 Å². The van der Waals surface area contributed by atoms with E-state index in [-0.39, 0.29) is 5.41 Å². The van der Waals surface area contributed by atoms with E-state index < -0.39 is 12.6 Å². The largest absolute Gasteiger partial charge is 0.352 e. The van der Waals surface area contributed by atoms with E-state index in [1.165, 1.54) is 5.56 Å². The highest BCUT2D eigenvalue weighted by Crippen LogP contribution is 2.36. The molecule has 0 aliphatic carbocycles. The van der Waals surface area contributed by atoms with Crippen molar-refractivity contribution in [1.29, 1.82) is 0 Å². The van der Waals surface area contributed by atoms with Gasteiger partial charge in [0, 0.05) is 39.6 Å². The average molecular weight is 310 g/mol. The summed E-state index contributed by atoms with van der Waals surface area (Å²) in [5.74, 6) is 0.510. The van der Waals surface area contributed by atoms with Gasteiger partial charge in [-0.3, -0.25) is 0 Å². The predicted molar refractivity (Wildman–Crippen MR) is 87.8 cm³/mol. The van der Waals surface area contributed by atoms with Crippen molar-refractivity contribution in [3.63, 3.8) is 0 Å². The van der Waals surface area contributed by atoms with E-state index in [0.29, 0.717) is 5.92 Å². The third kappa shape index (κ3) is 3.87. The van der Waals surface area contributed by atoms with Crippen LogP contribution in [0.25, 0.3) is 0 Å². The van der Waals surface area contributed by atoms with Crippen molar-refractivity contribution < 1.29 is 18.9 Å². The standard InChI is InChI=1S/C18H30O4/c1-12(2)18(3,4)13-9-10-14(16(19-5)20-6)15(11-13)17(21-7)22-8/h9-12,16-17H,1-8H3. The van der Waals surface area contributed by atoms with Crippen LogP contribution in [-0.2, 0) is 24.4 Å². The van der Waals surface area contributed by atoms with Crippen LogP contribution in [-0.4, -0.2) is 28.4 Å². The zero-order valence-corrected chi connectivity index (χ0v) is 15.1. The third-order valence-corrected chi connectivity index (χ3v) is 4.64. The number of hydrogen-bond donors (Lipinski definition) is 0. The summed E-state index contributed by atoms with van der Waals surface area (Å²) in [5, 5.41) is 0. The summed E-state index contributed by atoms with van der Waals surface area (Å²) in [6.45, 7) is 8.94. The molecule has 126 valence electrons. The van der Waals surface area contributed by atoms with Gasteiger partial charge in [-0.05, 0) is 23.0 Å².